The van der Waals surface area contributed by atoms with E-state index in [0.29, 0.717) is 23.1 Å². The van der Waals surface area contributed by atoms with Crippen molar-refractivity contribution in [2.24, 2.45) is 0 Å². The van der Waals surface area contributed by atoms with E-state index >= 15 is 0 Å². The second-order valence-electron chi connectivity index (χ2n) is 3.58. The lowest BCUT2D eigenvalue weighted by atomic mass is 10.3. The van der Waals surface area contributed by atoms with Crippen LogP contribution in [0.1, 0.15) is 6.42 Å². The summed E-state index contributed by atoms with van der Waals surface area (Å²) in [4.78, 5) is 13.0. The highest BCUT2D eigenvalue weighted by molar-refractivity contribution is 9.10. The Balaban J connectivity index is 2.41. The van der Waals surface area contributed by atoms with Gasteiger partial charge in [0.15, 0.2) is 11.6 Å². The minimum Gasteiger partial charge on any atom is -0.310 e. The summed E-state index contributed by atoms with van der Waals surface area (Å²) in [7, 11) is 0. The van der Waals surface area contributed by atoms with Crippen molar-refractivity contribution in [1.29, 1.82) is 0 Å². The van der Waals surface area contributed by atoms with Crippen molar-refractivity contribution in [3.8, 4) is 0 Å². The molecule has 16 heavy (non-hydrogen) atoms. The Morgan fingerprint density at radius 1 is 1.38 bits per heavy atom. The molecule has 1 aromatic rings. The fourth-order valence-corrected chi connectivity index (χ4v) is 2.49. The van der Waals surface area contributed by atoms with Gasteiger partial charge in [0.2, 0.25) is 5.91 Å². The summed E-state index contributed by atoms with van der Waals surface area (Å²) in [5.74, 6) is -2.04. The van der Waals surface area contributed by atoms with Crippen molar-refractivity contribution in [2.75, 3.05) is 11.4 Å². The van der Waals surface area contributed by atoms with Crippen LogP contribution in [0.3, 0.4) is 0 Å². The van der Waals surface area contributed by atoms with Crippen LogP contribution in [0.25, 0.3) is 0 Å². The molecule has 1 aromatic carbocycles. The van der Waals surface area contributed by atoms with Gasteiger partial charge >= 0.3 is 0 Å². The van der Waals surface area contributed by atoms with Gasteiger partial charge in [-0.3, -0.25) is 4.79 Å². The molecule has 1 fully saturated rings. The van der Waals surface area contributed by atoms with Crippen LogP contribution in [0, 0.1) is 11.6 Å². The summed E-state index contributed by atoms with van der Waals surface area (Å²) >= 11 is 7.31. The number of carbonyl (C=O) groups excluding carboxylic acids is 1. The Morgan fingerprint density at radius 2 is 2.00 bits per heavy atom. The number of amides is 1. The third kappa shape index (κ3) is 2.08. The molecule has 1 amide bonds. The minimum absolute atomic E-state index is 0.0625. The third-order valence-corrected chi connectivity index (χ3v) is 3.37. The van der Waals surface area contributed by atoms with Crippen molar-refractivity contribution in [3.63, 3.8) is 0 Å². The quantitative estimate of drug-likeness (QED) is 0.625. The lowest BCUT2D eigenvalue weighted by Gasteiger charge is -2.17. The van der Waals surface area contributed by atoms with E-state index < -0.39 is 11.6 Å². The molecule has 1 aliphatic heterocycles. The number of rotatable bonds is 1. The average Bonchev–Trinajstić information content (AvgIpc) is 2.51. The standard InChI is InChI=1S/C10H8BrF2NOS/c11-6-2-7(12)8(13)3-9(6)14-4-5(16)1-10(14)15/h2-3,5,16H,1,4H2. The molecule has 6 heteroatoms. The van der Waals surface area contributed by atoms with Gasteiger partial charge in [0, 0.05) is 28.8 Å². The Bertz CT molecular complexity index is 455. The number of halogens is 3. The van der Waals surface area contributed by atoms with Gasteiger partial charge in [-0.1, -0.05) is 0 Å². The number of benzene rings is 1. The van der Waals surface area contributed by atoms with Crippen LogP contribution in [0.2, 0.25) is 0 Å². The molecule has 1 atom stereocenters. The number of hydrogen-bond donors (Lipinski definition) is 1. The largest absolute Gasteiger partial charge is 0.310 e. The summed E-state index contributed by atoms with van der Waals surface area (Å²) in [6.07, 6.45) is 0.314. The van der Waals surface area contributed by atoms with E-state index in [2.05, 4.69) is 28.6 Å². The van der Waals surface area contributed by atoms with E-state index in [1.54, 1.807) is 0 Å². The van der Waals surface area contributed by atoms with Gasteiger partial charge in [0.25, 0.3) is 0 Å². The highest BCUT2D eigenvalue weighted by atomic mass is 79.9. The van der Waals surface area contributed by atoms with E-state index in [9.17, 15) is 13.6 Å². The smallest absolute Gasteiger partial charge is 0.228 e. The van der Waals surface area contributed by atoms with Crippen LogP contribution < -0.4 is 4.90 Å². The maximum atomic E-state index is 13.1. The van der Waals surface area contributed by atoms with E-state index in [1.807, 2.05) is 0 Å². The summed E-state index contributed by atoms with van der Waals surface area (Å²) < 4.78 is 26.3. The molecule has 2 rings (SSSR count). The first-order chi connectivity index (χ1) is 7.49. The summed E-state index contributed by atoms with van der Waals surface area (Å²) in [6.45, 7) is 0.408. The number of hydrogen-bond acceptors (Lipinski definition) is 2. The van der Waals surface area contributed by atoms with E-state index in [4.69, 9.17) is 0 Å². The number of anilines is 1. The molecular formula is C10H8BrF2NOS. The van der Waals surface area contributed by atoms with Gasteiger partial charge in [-0.15, -0.1) is 0 Å². The van der Waals surface area contributed by atoms with Crippen LogP contribution in [-0.2, 0) is 4.79 Å². The van der Waals surface area contributed by atoms with Crippen LogP contribution in [0.15, 0.2) is 16.6 Å². The lowest BCUT2D eigenvalue weighted by Crippen LogP contribution is -2.25. The molecule has 1 unspecified atom stereocenters. The first-order valence-electron chi connectivity index (χ1n) is 4.62. The number of nitrogens with zero attached hydrogens (tertiary/aromatic N) is 1. The fourth-order valence-electron chi connectivity index (χ4n) is 1.64. The molecule has 2 nitrogen and oxygen atoms in total. The summed E-state index contributed by atoms with van der Waals surface area (Å²) in [6, 6.07) is 2.03. The highest BCUT2D eigenvalue weighted by Gasteiger charge is 2.30. The van der Waals surface area contributed by atoms with Crippen molar-refractivity contribution in [3.05, 3.63) is 28.2 Å². The Kier molecular flexibility index (Phi) is 3.21. The summed E-state index contributed by atoms with van der Waals surface area (Å²) in [5, 5.41) is -0.0625. The molecule has 0 aliphatic carbocycles. The maximum Gasteiger partial charge on any atom is 0.228 e. The zero-order chi connectivity index (χ0) is 11.9. The second kappa shape index (κ2) is 4.33. The Morgan fingerprint density at radius 3 is 2.56 bits per heavy atom. The molecule has 0 spiro atoms. The summed E-state index contributed by atoms with van der Waals surface area (Å²) in [5.41, 5.74) is 0.348. The minimum atomic E-state index is -0.964. The van der Waals surface area contributed by atoms with Crippen molar-refractivity contribution < 1.29 is 13.6 Å². The van der Waals surface area contributed by atoms with E-state index in [-0.39, 0.29) is 11.2 Å². The van der Waals surface area contributed by atoms with Crippen molar-refractivity contribution in [1.82, 2.24) is 0 Å². The van der Waals surface area contributed by atoms with Gasteiger partial charge in [0.05, 0.1) is 5.69 Å². The van der Waals surface area contributed by atoms with Gasteiger partial charge in [-0.2, -0.15) is 12.6 Å². The average molecular weight is 308 g/mol. The zero-order valence-electron chi connectivity index (χ0n) is 8.08. The maximum absolute atomic E-state index is 13.1. The van der Waals surface area contributed by atoms with E-state index in [1.165, 1.54) is 4.90 Å². The molecule has 0 aromatic heterocycles. The SMILES string of the molecule is O=C1CC(S)CN1c1cc(F)c(F)cc1Br. The molecule has 0 radical (unpaired) electrons. The first-order valence-corrected chi connectivity index (χ1v) is 5.93. The molecule has 1 saturated heterocycles. The molecule has 86 valence electrons. The fraction of sp³-hybridized carbons (Fsp3) is 0.300. The molecule has 1 aliphatic rings. The molecule has 1 heterocycles. The highest BCUT2D eigenvalue weighted by Crippen LogP contribution is 2.32. The van der Waals surface area contributed by atoms with Crippen molar-refractivity contribution >= 4 is 40.2 Å². The van der Waals surface area contributed by atoms with Gasteiger partial charge in [-0.25, -0.2) is 8.78 Å². The zero-order valence-corrected chi connectivity index (χ0v) is 10.6. The van der Waals surface area contributed by atoms with Crippen LogP contribution in [0.4, 0.5) is 14.5 Å². The predicted molar refractivity (Wildman–Crippen MR) is 63.8 cm³/mol. The van der Waals surface area contributed by atoms with Gasteiger partial charge < -0.3 is 4.90 Å². The first kappa shape index (κ1) is 11.9. The monoisotopic (exact) mass is 307 g/mol. The van der Waals surface area contributed by atoms with Crippen LogP contribution in [0.5, 0.6) is 0 Å². The molecule has 0 bridgehead atoms. The van der Waals surface area contributed by atoms with Crippen LogP contribution >= 0.6 is 28.6 Å². The second-order valence-corrected chi connectivity index (χ2v) is 5.16. The Hall–Kier alpha value is -0.620. The third-order valence-electron chi connectivity index (χ3n) is 2.39. The normalized spacial score (nSPS) is 20.6. The van der Waals surface area contributed by atoms with Crippen molar-refractivity contribution in [2.45, 2.75) is 11.7 Å². The molecular weight excluding hydrogens is 300 g/mol. The number of carbonyl (C=O) groups is 1. The van der Waals surface area contributed by atoms with Gasteiger partial charge in [-0.05, 0) is 22.0 Å². The molecule has 0 saturated carbocycles. The van der Waals surface area contributed by atoms with Crippen LogP contribution in [-0.4, -0.2) is 17.7 Å². The van der Waals surface area contributed by atoms with E-state index in [0.717, 1.165) is 12.1 Å². The predicted octanol–water partition coefficient (Wildman–Crippen LogP) is 2.76. The van der Waals surface area contributed by atoms with Gasteiger partial charge in [0.1, 0.15) is 0 Å². The topological polar surface area (TPSA) is 20.3 Å². The lowest BCUT2D eigenvalue weighted by molar-refractivity contribution is -0.117. The number of thiol groups is 1. The Labute approximate surface area is 105 Å². The molecule has 0 N–H and O–H groups in total.